The quantitative estimate of drug-likeness (QED) is 0.504. The van der Waals surface area contributed by atoms with Gasteiger partial charge in [0, 0.05) is 6.07 Å². The number of ether oxygens (including phenoxy) is 1. The number of aromatic nitrogens is 1. The molecule has 30 heavy (non-hydrogen) atoms. The zero-order chi connectivity index (χ0) is 21.4. The van der Waals surface area contributed by atoms with Crippen LogP contribution in [-0.2, 0) is 9.53 Å². The number of ketones is 1. The summed E-state index contributed by atoms with van der Waals surface area (Å²) >= 11 is 0. The predicted octanol–water partition coefficient (Wildman–Crippen LogP) is 3.15. The first-order valence-electron chi connectivity index (χ1n) is 8.89. The van der Waals surface area contributed by atoms with E-state index in [1.54, 1.807) is 19.1 Å². The lowest BCUT2D eigenvalue weighted by atomic mass is 9.94. The maximum absolute atomic E-state index is 13.0. The van der Waals surface area contributed by atoms with Gasteiger partial charge in [0.2, 0.25) is 5.78 Å². The molecule has 0 unspecified atom stereocenters. The summed E-state index contributed by atoms with van der Waals surface area (Å²) < 4.78 is 14.9. The van der Waals surface area contributed by atoms with E-state index in [0.29, 0.717) is 16.9 Å². The zero-order valence-electron chi connectivity index (χ0n) is 16.0. The third-order valence-corrected chi connectivity index (χ3v) is 4.71. The van der Waals surface area contributed by atoms with Crippen LogP contribution in [0.15, 0.2) is 69.0 Å². The molecule has 3 aromatic rings. The molecule has 1 aliphatic heterocycles. The number of aryl methyl sites for hydroxylation is 1. The average Bonchev–Trinajstić information content (AvgIpc) is 3.48. The highest BCUT2D eigenvalue weighted by atomic mass is 16.5. The number of methoxy groups -OCH3 is 1. The second-order valence-electron chi connectivity index (χ2n) is 6.56. The van der Waals surface area contributed by atoms with Crippen molar-refractivity contribution in [3.05, 3.63) is 82.7 Å². The number of benzene rings is 1. The third-order valence-electron chi connectivity index (χ3n) is 4.71. The van der Waals surface area contributed by atoms with Crippen molar-refractivity contribution in [2.75, 3.05) is 12.0 Å². The number of anilines is 1. The van der Waals surface area contributed by atoms with E-state index in [9.17, 15) is 19.5 Å². The molecule has 0 radical (unpaired) electrons. The Kier molecular flexibility index (Phi) is 4.71. The van der Waals surface area contributed by atoms with Gasteiger partial charge in [0.25, 0.3) is 5.91 Å². The number of hydrogen-bond acceptors (Lipinski definition) is 8. The van der Waals surface area contributed by atoms with Crippen LogP contribution < -0.4 is 4.90 Å². The minimum absolute atomic E-state index is 0.0290. The third kappa shape index (κ3) is 3.06. The highest BCUT2D eigenvalue weighted by Gasteiger charge is 2.46. The van der Waals surface area contributed by atoms with Crippen molar-refractivity contribution < 1.29 is 33.2 Å². The molecule has 1 atom stereocenters. The number of aliphatic hydroxyl groups is 1. The molecular formula is C21H16N2O7. The summed E-state index contributed by atoms with van der Waals surface area (Å²) in [4.78, 5) is 38.8. The van der Waals surface area contributed by atoms with Gasteiger partial charge in [0.1, 0.15) is 5.76 Å². The number of esters is 1. The van der Waals surface area contributed by atoms with Gasteiger partial charge in [-0.1, -0.05) is 17.3 Å². The van der Waals surface area contributed by atoms with Crippen molar-refractivity contribution in [1.82, 2.24) is 5.16 Å². The van der Waals surface area contributed by atoms with Crippen molar-refractivity contribution in [3.63, 3.8) is 0 Å². The van der Waals surface area contributed by atoms with Gasteiger partial charge >= 0.3 is 5.97 Å². The topological polar surface area (TPSA) is 123 Å². The van der Waals surface area contributed by atoms with E-state index in [2.05, 4.69) is 5.16 Å². The standard InChI is InChI=1S/C21H16N2O7/c1-11-10-15(22-30-11)23-17(12-5-7-13(8-6-12)21(27)28-2)16(19(25)20(23)26)18(24)14-4-3-9-29-14/h3-10,17,25H,1-2H3/t17-/m0/s1. The van der Waals surface area contributed by atoms with Crippen molar-refractivity contribution in [2.45, 2.75) is 13.0 Å². The summed E-state index contributed by atoms with van der Waals surface area (Å²) in [6.45, 7) is 1.65. The van der Waals surface area contributed by atoms with Crippen LogP contribution in [0.5, 0.6) is 0 Å². The van der Waals surface area contributed by atoms with Crippen LogP contribution in [0, 0.1) is 6.92 Å². The smallest absolute Gasteiger partial charge is 0.337 e. The fourth-order valence-electron chi connectivity index (χ4n) is 3.32. The molecule has 3 heterocycles. The van der Waals surface area contributed by atoms with Crippen molar-refractivity contribution in [1.29, 1.82) is 0 Å². The monoisotopic (exact) mass is 408 g/mol. The van der Waals surface area contributed by atoms with Crippen LogP contribution in [0.1, 0.15) is 38.3 Å². The summed E-state index contributed by atoms with van der Waals surface area (Å²) in [5.41, 5.74) is 0.596. The molecule has 0 fully saturated rings. The van der Waals surface area contributed by atoms with Crippen LogP contribution >= 0.6 is 0 Å². The first kappa shape index (κ1) is 19.2. The van der Waals surface area contributed by atoms with Gasteiger partial charge in [-0.05, 0) is 36.8 Å². The molecular weight excluding hydrogens is 392 g/mol. The fraction of sp³-hybridized carbons (Fsp3) is 0.143. The zero-order valence-corrected chi connectivity index (χ0v) is 16.0. The number of rotatable bonds is 5. The van der Waals surface area contributed by atoms with Crippen molar-refractivity contribution in [3.8, 4) is 0 Å². The number of carbonyl (C=O) groups is 3. The summed E-state index contributed by atoms with van der Waals surface area (Å²) in [5, 5.41) is 14.4. The largest absolute Gasteiger partial charge is 0.503 e. The highest BCUT2D eigenvalue weighted by Crippen LogP contribution is 2.41. The Balaban J connectivity index is 1.84. The van der Waals surface area contributed by atoms with E-state index in [4.69, 9.17) is 13.7 Å². The van der Waals surface area contributed by atoms with Crippen molar-refractivity contribution >= 4 is 23.5 Å². The Morgan fingerprint density at radius 3 is 2.50 bits per heavy atom. The van der Waals surface area contributed by atoms with Crippen LogP contribution in [0.4, 0.5) is 5.82 Å². The summed E-state index contributed by atoms with van der Waals surface area (Å²) in [7, 11) is 1.27. The normalized spacial score (nSPS) is 16.3. The molecule has 1 aliphatic rings. The van der Waals surface area contributed by atoms with Crippen LogP contribution in [0.2, 0.25) is 0 Å². The van der Waals surface area contributed by atoms with E-state index in [-0.39, 0.29) is 17.2 Å². The number of aliphatic hydroxyl groups excluding tert-OH is 1. The molecule has 1 aromatic carbocycles. The number of nitrogens with zero attached hydrogens (tertiary/aromatic N) is 2. The first-order valence-corrected chi connectivity index (χ1v) is 8.89. The lowest BCUT2D eigenvalue weighted by molar-refractivity contribution is -0.117. The Morgan fingerprint density at radius 1 is 1.20 bits per heavy atom. The lowest BCUT2D eigenvalue weighted by Gasteiger charge is -2.24. The molecule has 1 N–H and O–H groups in total. The predicted molar refractivity (Wildman–Crippen MR) is 102 cm³/mol. The van der Waals surface area contributed by atoms with Gasteiger partial charge in [-0.3, -0.25) is 14.5 Å². The molecule has 9 heteroatoms. The van der Waals surface area contributed by atoms with Gasteiger partial charge in [0.15, 0.2) is 17.3 Å². The molecule has 0 saturated carbocycles. The Morgan fingerprint density at radius 2 is 1.93 bits per heavy atom. The maximum Gasteiger partial charge on any atom is 0.337 e. The van der Waals surface area contributed by atoms with Gasteiger partial charge < -0.3 is 18.8 Å². The first-order chi connectivity index (χ1) is 14.4. The number of furan rings is 1. The van der Waals surface area contributed by atoms with E-state index >= 15 is 0 Å². The molecule has 0 bridgehead atoms. The van der Waals surface area contributed by atoms with Gasteiger partial charge in [0.05, 0.1) is 30.6 Å². The van der Waals surface area contributed by atoms with Crippen LogP contribution in [0.3, 0.4) is 0 Å². The van der Waals surface area contributed by atoms with Gasteiger partial charge in [-0.2, -0.15) is 0 Å². The number of Topliss-reactive ketones (excluding diaryl/α,β-unsaturated/α-hetero) is 1. The number of carbonyl (C=O) groups excluding carboxylic acids is 3. The maximum atomic E-state index is 13.0. The number of hydrogen-bond donors (Lipinski definition) is 1. The second kappa shape index (κ2) is 7.36. The molecule has 1 amide bonds. The molecule has 0 saturated heterocycles. The summed E-state index contributed by atoms with van der Waals surface area (Å²) in [5.74, 6) is -2.14. The van der Waals surface area contributed by atoms with Crippen molar-refractivity contribution in [2.24, 2.45) is 0 Å². The molecule has 0 aliphatic carbocycles. The fourth-order valence-corrected chi connectivity index (χ4v) is 3.32. The minimum atomic E-state index is -1.01. The highest BCUT2D eigenvalue weighted by molar-refractivity contribution is 6.19. The van der Waals surface area contributed by atoms with Crippen LogP contribution in [0.25, 0.3) is 0 Å². The number of amides is 1. The molecule has 152 valence electrons. The average molecular weight is 408 g/mol. The SMILES string of the molecule is COC(=O)c1ccc([C@H]2C(C(=O)c3ccco3)=C(O)C(=O)N2c2cc(C)on2)cc1. The molecule has 4 rings (SSSR count). The summed E-state index contributed by atoms with van der Waals surface area (Å²) in [6, 6.07) is 9.61. The Hall–Kier alpha value is -4.14. The summed E-state index contributed by atoms with van der Waals surface area (Å²) in [6.07, 6.45) is 1.32. The van der Waals surface area contributed by atoms with E-state index in [1.165, 1.54) is 43.7 Å². The Bertz CT molecular complexity index is 1160. The molecule has 0 spiro atoms. The Labute approximate surface area is 170 Å². The van der Waals surface area contributed by atoms with Crippen LogP contribution in [-0.4, -0.2) is 35.0 Å². The second-order valence-corrected chi connectivity index (χ2v) is 6.56. The van der Waals surface area contributed by atoms with Gasteiger partial charge in [-0.15, -0.1) is 0 Å². The van der Waals surface area contributed by atoms with E-state index in [1.807, 2.05) is 0 Å². The van der Waals surface area contributed by atoms with E-state index < -0.39 is 29.5 Å². The minimum Gasteiger partial charge on any atom is -0.503 e. The van der Waals surface area contributed by atoms with Gasteiger partial charge in [-0.25, -0.2) is 4.79 Å². The van der Waals surface area contributed by atoms with E-state index in [0.717, 1.165) is 4.90 Å². The molecule has 2 aromatic heterocycles. The molecule has 9 nitrogen and oxygen atoms in total. The lowest BCUT2D eigenvalue weighted by Crippen LogP contribution is -2.31.